The highest BCUT2D eigenvalue weighted by molar-refractivity contribution is 5.88. The zero-order valence-corrected chi connectivity index (χ0v) is 19.3. The third kappa shape index (κ3) is 6.34. The molecule has 0 unspecified atom stereocenters. The molecule has 0 amide bonds. The lowest BCUT2D eigenvalue weighted by Gasteiger charge is -2.36. The second kappa shape index (κ2) is 10.8. The van der Waals surface area contributed by atoms with Gasteiger partial charge >= 0.3 is 12.1 Å². The fraction of sp³-hybridized carbons (Fsp3) is 0.667. The largest absolute Gasteiger partial charge is 0.483 e. The van der Waals surface area contributed by atoms with Crippen LogP contribution < -0.4 is 9.47 Å². The van der Waals surface area contributed by atoms with E-state index in [-0.39, 0.29) is 23.5 Å². The Morgan fingerprint density at radius 3 is 2.50 bits per heavy atom. The van der Waals surface area contributed by atoms with E-state index in [1.54, 1.807) is 12.1 Å². The molecule has 2 fully saturated rings. The van der Waals surface area contributed by atoms with Crippen LogP contribution in [0.2, 0.25) is 0 Å². The molecule has 1 aromatic heterocycles. The smallest absolute Gasteiger partial charge is 0.422 e. The van der Waals surface area contributed by atoms with Crippen LogP contribution in [0.5, 0.6) is 11.6 Å². The van der Waals surface area contributed by atoms with E-state index >= 15 is 0 Å². The van der Waals surface area contributed by atoms with Gasteiger partial charge in [-0.2, -0.15) is 13.2 Å². The van der Waals surface area contributed by atoms with Crippen LogP contribution in [0.15, 0.2) is 22.7 Å². The molecular weight excluding hydrogens is 453 g/mol. The lowest BCUT2D eigenvalue weighted by molar-refractivity contribution is -0.153. The molecule has 1 aliphatic heterocycles. The summed E-state index contributed by atoms with van der Waals surface area (Å²) < 4.78 is 58.7. The number of aromatic nitrogens is 1. The Morgan fingerprint density at radius 2 is 1.82 bits per heavy atom. The number of methoxy groups -OCH3 is 1. The predicted molar refractivity (Wildman–Crippen MR) is 118 cm³/mol. The van der Waals surface area contributed by atoms with Crippen molar-refractivity contribution >= 4 is 16.9 Å². The van der Waals surface area contributed by atoms with Gasteiger partial charge < -0.3 is 23.6 Å². The van der Waals surface area contributed by atoms with Crippen LogP contribution in [-0.4, -0.2) is 62.2 Å². The molecular formula is C24H31F3N2O5. The summed E-state index contributed by atoms with van der Waals surface area (Å²) >= 11 is 0. The Hall–Kier alpha value is -2.49. The molecule has 1 aromatic carbocycles. The number of benzene rings is 1. The van der Waals surface area contributed by atoms with Crippen molar-refractivity contribution in [1.29, 1.82) is 0 Å². The maximum atomic E-state index is 12.6. The Balaban J connectivity index is 1.24. The number of carbonyl (C=O) groups excluding carboxylic acids is 1. The first-order valence-corrected chi connectivity index (χ1v) is 11.8. The van der Waals surface area contributed by atoms with Crippen molar-refractivity contribution in [3.05, 3.63) is 18.2 Å². The number of nitrogens with zero attached hydrogens (tertiary/aromatic N) is 2. The van der Waals surface area contributed by atoms with Gasteiger partial charge in [-0.15, -0.1) is 0 Å². The van der Waals surface area contributed by atoms with Crippen LogP contribution in [0.4, 0.5) is 13.2 Å². The van der Waals surface area contributed by atoms with Crippen molar-refractivity contribution in [3.8, 4) is 11.6 Å². The number of hydrogen-bond donors (Lipinski definition) is 0. The highest BCUT2D eigenvalue weighted by atomic mass is 19.4. The minimum atomic E-state index is -4.44. The van der Waals surface area contributed by atoms with Gasteiger partial charge in [-0.05, 0) is 80.7 Å². The van der Waals surface area contributed by atoms with E-state index < -0.39 is 12.8 Å². The Labute approximate surface area is 196 Å². The zero-order chi connectivity index (χ0) is 24.1. The molecule has 0 atom stereocenters. The highest BCUT2D eigenvalue weighted by Crippen LogP contribution is 2.35. The molecule has 2 aromatic rings. The lowest BCUT2D eigenvalue weighted by atomic mass is 9.81. The topological polar surface area (TPSA) is 74.0 Å². The Morgan fingerprint density at radius 1 is 1.09 bits per heavy atom. The maximum Gasteiger partial charge on any atom is 0.422 e. The molecule has 0 N–H and O–H groups in total. The monoisotopic (exact) mass is 484 g/mol. The van der Waals surface area contributed by atoms with Gasteiger partial charge in [-0.3, -0.25) is 4.79 Å². The molecule has 1 saturated heterocycles. The number of halogens is 3. The second-order valence-electron chi connectivity index (χ2n) is 9.32. The molecule has 0 radical (unpaired) electrons. The zero-order valence-electron chi connectivity index (χ0n) is 19.3. The molecule has 2 heterocycles. The summed E-state index contributed by atoms with van der Waals surface area (Å²) in [6.07, 6.45) is 1.44. The number of likely N-dealkylation sites (tertiary alicyclic amines) is 1. The number of alkyl halides is 3. The predicted octanol–water partition coefficient (Wildman–Crippen LogP) is 4.84. The number of ether oxygens (including phenoxy) is 3. The summed E-state index contributed by atoms with van der Waals surface area (Å²) in [6, 6.07) is 4.63. The maximum absolute atomic E-state index is 12.6. The second-order valence-corrected chi connectivity index (χ2v) is 9.32. The number of carbonyl (C=O) groups is 1. The fourth-order valence-corrected chi connectivity index (χ4v) is 4.96. The van der Waals surface area contributed by atoms with E-state index in [4.69, 9.17) is 18.7 Å². The van der Waals surface area contributed by atoms with E-state index in [9.17, 15) is 18.0 Å². The van der Waals surface area contributed by atoms with E-state index in [0.29, 0.717) is 29.4 Å². The molecule has 1 saturated carbocycles. The minimum Gasteiger partial charge on any atom is -0.483 e. The van der Waals surface area contributed by atoms with Crippen LogP contribution in [0.1, 0.15) is 38.5 Å². The van der Waals surface area contributed by atoms with E-state index in [1.165, 1.54) is 13.2 Å². The van der Waals surface area contributed by atoms with Crippen LogP contribution >= 0.6 is 0 Å². The van der Waals surface area contributed by atoms with E-state index in [0.717, 1.165) is 58.2 Å². The first-order chi connectivity index (χ1) is 16.3. The lowest BCUT2D eigenvalue weighted by Crippen LogP contribution is -2.39. The van der Waals surface area contributed by atoms with Crippen molar-refractivity contribution in [2.75, 3.05) is 40.0 Å². The van der Waals surface area contributed by atoms with Gasteiger partial charge in [0.15, 0.2) is 12.2 Å². The molecule has 0 spiro atoms. The summed E-state index contributed by atoms with van der Waals surface area (Å²) in [5, 5.41) is 4.23. The SMILES string of the molecule is COC(=O)[C@H]1CC[C@H](CN2CCC(COc3noc4cccc(OCC(F)(F)F)c34)CC2)CC1. The Bertz CT molecular complexity index is 948. The van der Waals surface area contributed by atoms with Gasteiger partial charge in [0.05, 0.1) is 19.6 Å². The molecule has 4 rings (SSSR count). The van der Waals surface area contributed by atoms with Crippen LogP contribution in [-0.2, 0) is 9.53 Å². The molecule has 10 heteroatoms. The normalized spacial score (nSPS) is 22.6. The van der Waals surface area contributed by atoms with E-state index in [2.05, 4.69) is 10.1 Å². The third-order valence-corrected chi connectivity index (χ3v) is 6.88. The van der Waals surface area contributed by atoms with Gasteiger partial charge in [0, 0.05) is 6.54 Å². The molecule has 34 heavy (non-hydrogen) atoms. The fourth-order valence-electron chi connectivity index (χ4n) is 4.96. The van der Waals surface area contributed by atoms with Crippen LogP contribution in [0.25, 0.3) is 11.0 Å². The quantitative estimate of drug-likeness (QED) is 0.497. The summed E-state index contributed by atoms with van der Waals surface area (Å²) in [7, 11) is 1.45. The molecule has 188 valence electrons. The molecule has 2 aliphatic rings. The Kier molecular flexibility index (Phi) is 7.85. The number of esters is 1. The molecule has 7 nitrogen and oxygen atoms in total. The van der Waals surface area contributed by atoms with Gasteiger partial charge in [-0.25, -0.2) is 0 Å². The molecule has 0 bridgehead atoms. The number of rotatable bonds is 8. The van der Waals surface area contributed by atoms with Crippen LogP contribution in [0, 0.1) is 17.8 Å². The van der Waals surface area contributed by atoms with Gasteiger partial charge in [0.1, 0.15) is 11.1 Å². The number of fused-ring (bicyclic) bond motifs is 1. The standard InChI is InChI=1S/C24H31F3N2O5/c1-31-23(30)18-7-5-16(6-8-18)13-29-11-9-17(10-12-29)14-32-22-21-19(33-15-24(25,26)27)3-2-4-20(21)34-28-22/h2-4,16-18H,5-15H2,1H3/t16-,18-. The summed E-state index contributed by atoms with van der Waals surface area (Å²) in [4.78, 5) is 14.2. The first-order valence-electron chi connectivity index (χ1n) is 11.8. The average Bonchev–Trinajstić information content (AvgIpc) is 3.25. The van der Waals surface area contributed by atoms with Crippen molar-refractivity contribution in [2.45, 2.75) is 44.7 Å². The molecule has 1 aliphatic carbocycles. The van der Waals surface area contributed by atoms with Crippen molar-refractivity contribution in [2.24, 2.45) is 17.8 Å². The van der Waals surface area contributed by atoms with E-state index in [1.807, 2.05) is 0 Å². The highest BCUT2D eigenvalue weighted by Gasteiger charge is 2.31. The first kappa shape index (κ1) is 24.6. The summed E-state index contributed by atoms with van der Waals surface area (Å²) in [5.74, 6) is 1.13. The summed E-state index contributed by atoms with van der Waals surface area (Å²) in [6.45, 7) is 2.04. The third-order valence-electron chi connectivity index (χ3n) is 6.88. The van der Waals surface area contributed by atoms with Crippen molar-refractivity contribution in [1.82, 2.24) is 10.1 Å². The summed E-state index contributed by atoms with van der Waals surface area (Å²) in [5.41, 5.74) is 0.325. The van der Waals surface area contributed by atoms with Crippen molar-refractivity contribution < 1.29 is 36.7 Å². The minimum absolute atomic E-state index is 0.0443. The van der Waals surface area contributed by atoms with Gasteiger partial charge in [0.2, 0.25) is 0 Å². The average molecular weight is 485 g/mol. The number of piperidine rings is 1. The number of hydrogen-bond acceptors (Lipinski definition) is 7. The van der Waals surface area contributed by atoms with Crippen LogP contribution in [0.3, 0.4) is 0 Å². The van der Waals surface area contributed by atoms with Crippen molar-refractivity contribution in [3.63, 3.8) is 0 Å². The van der Waals surface area contributed by atoms with Gasteiger partial charge in [0.25, 0.3) is 5.88 Å². The van der Waals surface area contributed by atoms with Gasteiger partial charge in [-0.1, -0.05) is 6.07 Å².